The molecule has 0 N–H and O–H groups in total. The second-order valence-corrected chi connectivity index (χ2v) is 7.83. The smallest absolute Gasteiger partial charge is 0.0569 e. The molecule has 6 aromatic rings. The molecule has 0 bridgehead atoms. The van der Waals surface area contributed by atoms with E-state index >= 15 is 0 Å². The Morgan fingerprint density at radius 1 is 0.400 bits per heavy atom. The van der Waals surface area contributed by atoms with E-state index in [-0.39, 0.29) is 0 Å². The third-order valence-electron chi connectivity index (χ3n) is 6.17. The van der Waals surface area contributed by atoms with Gasteiger partial charge in [0.05, 0.1) is 11.4 Å². The lowest BCUT2D eigenvalue weighted by atomic mass is 9.92. The number of rotatable bonds is 2. The summed E-state index contributed by atoms with van der Waals surface area (Å²) in [5.74, 6) is 0. The van der Waals surface area contributed by atoms with E-state index in [1.165, 1.54) is 54.8 Å². The second kappa shape index (κ2) is 6.60. The number of benzene rings is 5. The van der Waals surface area contributed by atoms with Crippen LogP contribution in [0, 0.1) is 0 Å². The fourth-order valence-electron chi connectivity index (χ4n) is 4.95. The fourth-order valence-corrected chi connectivity index (χ4v) is 4.95. The van der Waals surface area contributed by atoms with Gasteiger partial charge in [-0.05, 0) is 32.7 Å². The molecule has 1 heterocycles. The van der Waals surface area contributed by atoms with Gasteiger partial charge < -0.3 is 4.57 Å². The molecule has 0 aliphatic heterocycles. The van der Waals surface area contributed by atoms with Crippen molar-refractivity contribution >= 4 is 32.3 Å². The zero-order valence-electron chi connectivity index (χ0n) is 16.8. The molecular formula is C29H21N. The fraction of sp³-hybridized carbons (Fsp3) is 0.0345. The lowest BCUT2D eigenvalue weighted by molar-refractivity contribution is 0.951. The molecule has 0 spiro atoms. The summed E-state index contributed by atoms with van der Waals surface area (Å²) in [5, 5.41) is 7.89. The van der Waals surface area contributed by atoms with E-state index in [2.05, 4.69) is 121 Å². The minimum absolute atomic E-state index is 1.24. The molecule has 0 aliphatic rings. The maximum atomic E-state index is 2.38. The highest BCUT2D eigenvalue weighted by atomic mass is 15.0. The van der Waals surface area contributed by atoms with E-state index in [1.54, 1.807) is 0 Å². The van der Waals surface area contributed by atoms with E-state index < -0.39 is 0 Å². The molecule has 0 amide bonds. The van der Waals surface area contributed by atoms with Crippen molar-refractivity contribution in [1.82, 2.24) is 4.57 Å². The van der Waals surface area contributed by atoms with Crippen LogP contribution < -0.4 is 0 Å². The highest BCUT2D eigenvalue weighted by Crippen LogP contribution is 2.46. The van der Waals surface area contributed by atoms with E-state index in [9.17, 15) is 0 Å². The first-order valence-corrected chi connectivity index (χ1v) is 10.4. The van der Waals surface area contributed by atoms with Gasteiger partial charge in [-0.25, -0.2) is 0 Å². The minimum Gasteiger partial charge on any atom is -0.343 e. The third-order valence-corrected chi connectivity index (χ3v) is 6.17. The normalized spacial score (nSPS) is 11.5. The van der Waals surface area contributed by atoms with Gasteiger partial charge >= 0.3 is 0 Å². The zero-order valence-corrected chi connectivity index (χ0v) is 16.8. The molecule has 0 atom stereocenters. The molecule has 0 aliphatic carbocycles. The molecule has 0 fully saturated rings. The topological polar surface area (TPSA) is 4.93 Å². The summed E-state index contributed by atoms with van der Waals surface area (Å²) >= 11 is 0. The van der Waals surface area contributed by atoms with Crippen molar-refractivity contribution in [2.45, 2.75) is 0 Å². The summed E-state index contributed by atoms with van der Waals surface area (Å²) in [6.45, 7) is 0. The van der Waals surface area contributed by atoms with Crippen LogP contribution >= 0.6 is 0 Å². The first kappa shape index (κ1) is 17.1. The van der Waals surface area contributed by atoms with Crippen LogP contribution in [-0.4, -0.2) is 4.57 Å². The van der Waals surface area contributed by atoms with Gasteiger partial charge in [-0.2, -0.15) is 0 Å². The standard InChI is InChI=1S/C29H21N/c1-30-28(20-12-4-2-5-13-20)26-24-18-10-8-16-22(24)23-17-9-11-19-25(23)27(26)29(30)21-14-6-3-7-15-21/h2-19H,1H3. The molecule has 30 heavy (non-hydrogen) atoms. The van der Waals surface area contributed by atoms with Crippen molar-refractivity contribution in [2.75, 3.05) is 0 Å². The Kier molecular flexibility index (Phi) is 3.75. The van der Waals surface area contributed by atoms with E-state index in [1.807, 2.05) is 0 Å². The SMILES string of the molecule is Cn1c(-c2ccccc2)c2c3ccccc3c3ccccc3c2c1-c1ccccc1. The van der Waals surface area contributed by atoms with Gasteiger partial charge in [0, 0.05) is 17.8 Å². The highest BCUT2D eigenvalue weighted by molar-refractivity contribution is 6.31. The van der Waals surface area contributed by atoms with Gasteiger partial charge in [0.2, 0.25) is 0 Å². The Bertz CT molecular complexity index is 1410. The summed E-state index contributed by atoms with van der Waals surface area (Å²) in [5.41, 5.74) is 5.03. The number of fused-ring (bicyclic) bond motifs is 6. The first-order chi connectivity index (χ1) is 14.8. The summed E-state index contributed by atoms with van der Waals surface area (Å²) in [7, 11) is 2.20. The Morgan fingerprint density at radius 3 is 1.13 bits per heavy atom. The number of hydrogen-bond acceptors (Lipinski definition) is 0. The van der Waals surface area contributed by atoms with Crippen molar-refractivity contribution in [3.05, 3.63) is 109 Å². The van der Waals surface area contributed by atoms with Gasteiger partial charge in [0.25, 0.3) is 0 Å². The van der Waals surface area contributed by atoms with Crippen LogP contribution in [-0.2, 0) is 7.05 Å². The Balaban J connectivity index is 1.95. The second-order valence-electron chi connectivity index (χ2n) is 7.83. The molecule has 142 valence electrons. The Labute approximate surface area is 175 Å². The number of hydrogen-bond donors (Lipinski definition) is 0. The third kappa shape index (κ3) is 2.36. The molecule has 0 unspecified atom stereocenters. The van der Waals surface area contributed by atoms with Crippen molar-refractivity contribution in [3.8, 4) is 22.5 Å². The van der Waals surface area contributed by atoms with E-state index in [0.717, 1.165) is 0 Å². The van der Waals surface area contributed by atoms with Crippen LogP contribution in [0.1, 0.15) is 0 Å². The summed E-state index contributed by atoms with van der Waals surface area (Å²) in [6.07, 6.45) is 0. The van der Waals surface area contributed by atoms with Crippen LogP contribution in [0.15, 0.2) is 109 Å². The quantitative estimate of drug-likeness (QED) is 0.269. The molecule has 1 nitrogen and oxygen atoms in total. The lowest BCUT2D eigenvalue weighted by Crippen LogP contribution is -1.94. The lowest BCUT2D eigenvalue weighted by Gasteiger charge is -2.09. The van der Waals surface area contributed by atoms with Gasteiger partial charge in [-0.3, -0.25) is 0 Å². The van der Waals surface area contributed by atoms with Crippen molar-refractivity contribution < 1.29 is 0 Å². The Hall–Kier alpha value is -3.84. The summed E-state index contributed by atoms with van der Waals surface area (Å²) < 4.78 is 2.38. The van der Waals surface area contributed by atoms with Crippen LogP contribution in [0.3, 0.4) is 0 Å². The molecule has 0 saturated carbocycles. The highest BCUT2D eigenvalue weighted by Gasteiger charge is 2.22. The molecule has 5 aromatic carbocycles. The average molecular weight is 383 g/mol. The largest absolute Gasteiger partial charge is 0.343 e. The van der Waals surface area contributed by atoms with Gasteiger partial charge in [-0.1, -0.05) is 109 Å². The van der Waals surface area contributed by atoms with Crippen LogP contribution in [0.2, 0.25) is 0 Å². The number of nitrogens with zero attached hydrogens (tertiary/aromatic N) is 1. The maximum absolute atomic E-state index is 2.38. The Morgan fingerprint density at radius 2 is 0.733 bits per heavy atom. The minimum atomic E-state index is 1.24. The van der Waals surface area contributed by atoms with E-state index in [0.29, 0.717) is 0 Å². The predicted octanol–water partition coefficient (Wildman–Crippen LogP) is 7.82. The van der Waals surface area contributed by atoms with Crippen molar-refractivity contribution in [1.29, 1.82) is 0 Å². The molecule has 1 aromatic heterocycles. The van der Waals surface area contributed by atoms with Crippen LogP contribution in [0.4, 0.5) is 0 Å². The first-order valence-electron chi connectivity index (χ1n) is 10.4. The van der Waals surface area contributed by atoms with Gasteiger partial charge in [0.15, 0.2) is 0 Å². The molecule has 0 saturated heterocycles. The van der Waals surface area contributed by atoms with Crippen LogP contribution in [0.25, 0.3) is 54.8 Å². The van der Waals surface area contributed by atoms with Crippen LogP contribution in [0.5, 0.6) is 0 Å². The maximum Gasteiger partial charge on any atom is 0.0569 e. The molecule has 6 rings (SSSR count). The molecule has 0 radical (unpaired) electrons. The predicted molar refractivity (Wildman–Crippen MR) is 129 cm³/mol. The van der Waals surface area contributed by atoms with Crippen molar-refractivity contribution in [2.24, 2.45) is 7.05 Å². The number of aromatic nitrogens is 1. The molecular weight excluding hydrogens is 362 g/mol. The molecule has 1 heteroatoms. The van der Waals surface area contributed by atoms with Gasteiger partial charge in [0.1, 0.15) is 0 Å². The van der Waals surface area contributed by atoms with E-state index in [4.69, 9.17) is 0 Å². The monoisotopic (exact) mass is 383 g/mol. The average Bonchev–Trinajstić information content (AvgIpc) is 3.13. The zero-order chi connectivity index (χ0) is 20.1. The van der Waals surface area contributed by atoms with Crippen molar-refractivity contribution in [3.63, 3.8) is 0 Å². The van der Waals surface area contributed by atoms with Gasteiger partial charge in [-0.15, -0.1) is 0 Å². The summed E-state index contributed by atoms with van der Waals surface area (Å²) in [6, 6.07) is 39.2. The summed E-state index contributed by atoms with van der Waals surface area (Å²) in [4.78, 5) is 0.